The van der Waals surface area contributed by atoms with Gasteiger partial charge in [0.25, 0.3) is 0 Å². The highest BCUT2D eigenvalue weighted by atomic mass is 16.1. The van der Waals surface area contributed by atoms with Gasteiger partial charge in [0.1, 0.15) is 0 Å². The summed E-state index contributed by atoms with van der Waals surface area (Å²) in [4.78, 5) is 13.8. The molecule has 0 atom stereocenters. The summed E-state index contributed by atoms with van der Waals surface area (Å²) in [5, 5.41) is 3.27. The van der Waals surface area contributed by atoms with E-state index in [1.807, 2.05) is 18.2 Å². The lowest BCUT2D eigenvalue weighted by molar-refractivity contribution is 0.588. The van der Waals surface area contributed by atoms with Crippen LogP contribution in [0.1, 0.15) is 0 Å². The van der Waals surface area contributed by atoms with Crippen LogP contribution in [0.15, 0.2) is 35.1 Å². The number of anilines is 1. The summed E-state index contributed by atoms with van der Waals surface area (Å²) in [7, 11) is 0. The Labute approximate surface area is 83.4 Å². The Morgan fingerprint density at radius 1 is 1.07 bits per heavy atom. The van der Waals surface area contributed by atoms with E-state index in [4.69, 9.17) is 0 Å². The normalized spacial score (nSPS) is 16.7. The minimum atomic E-state index is 0.108. The second kappa shape index (κ2) is 4.24. The lowest BCUT2D eigenvalue weighted by Gasteiger charge is -2.28. The Morgan fingerprint density at radius 2 is 1.79 bits per heavy atom. The predicted molar refractivity (Wildman–Crippen MR) is 57.8 cm³/mol. The Bertz CT molecular complexity index is 358. The maximum Gasteiger partial charge on any atom is 0.201 e. The van der Waals surface area contributed by atoms with Crippen molar-refractivity contribution in [2.24, 2.45) is 0 Å². The smallest absolute Gasteiger partial charge is 0.201 e. The largest absolute Gasteiger partial charge is 0.366 e. The van der Waals surface area contributed by atoms with Crippen molar-refractivity contribution in [1.29, 1.82) is 0 Å². The second-order valence-electron chi connectivity index (χ2n) is 3.40. The first-order valence-electron chi connectivity index (χ1n) is 4.93. The topological polar surface area (TPSA) is 32.3 Å². The summed E-state index contributed by atoms with van der Waals surface area (Å²) in [6.07, 6.45) is 0. The number of hydrogen-bond acceptors (Lipinski definition) is 3. The zero-order valence-electron chi connectivity index (χ0n) is 8.07. The average molecular weight is 190 g/mol. The number of nitrogens with zero attached hydrogens (tertiary/aromatic N) is 1. The highest BCUT2D eigenvalue weighted by molar-refractivity contribution is 5.45. The second-order valence-corrected chi connectivity index (χ2v) is 3.40. The van der Waals surface area contributed by atoms with Gasteiger partial charge in [0, 0.05) is 26.2 Å². The summed E-state index contributed by atoms with van der Waals surface area (Å²) < 4.78 is 0. The molecule has 0 aromatic heterocycles. The summed E-state index contributed by atoms with van der Waals surface area (Å²) in [6.45, 7) is 3.74. The molecule has 3 heteroatoms. The predicted octanol–water partition coefficient (Wildman–Crippen LogP) is 0.456. The van der Waals surface area contributed by atoms with Gasteiger partial charge in [0.05, 0.1) is 5.69 Å². The van der Waals surface area contributed by atoms with Crippen LogP contribution in [-0.4, -0.2) is 26.2 Å². The van der Waals surface area contributed by atoms with Gasteiger partial charge in [0.2, 0.25) is 5.43 Å². The van der Waals surface area contributed by atoms with E-state index >= 15 is 0 Å². The van der Waals surface area contributed by atoms with Gasteiger partial charge < -0.3 is 10.2 Å². The van der Waals surface area contributed by atoms with Crippen LogP contribution in [0.25, 0.3) is 0 Å². The molecule has 0 saturated carbocycles. The lowest BCUT2D eigenvalue weighted by Crippen LogP contribution is -2.44. The van der Waals surface area contributed by atoms with Crippen molar-refractivity contribution < 1.29 is 0 Å². The van der Waals surface area contributed by atoms with Crippen molar-refractivity contribution in [3.05, 3.63) is 40.6 Å². The molecule has 0 radical (unpaired) electrons. The molecule has 74 valence electrons. The van der Waals surface area contributed by atoms with Crippen LogP contribution in [0.5, 0.6) is 0 Å². The van der Waals surface area contributed by atoms with Crippen molar-refractivity contribution in [2.75, 3.05) is 31.1 Å². The fourth-order valence-electron chi connectivity index (χ4n) is 1.69. The molecule has 0 unspecified atom stereocenters. The molecule has 3 nitrogen and oxygen atoms in total. The van der Waals surface area contributed by atoms with Crippen LogP contribution in [0.3, 0.4) is 0 Å². The summed E-state index contributed by atoms with van der Waals surface area (Å²) in [5.74, 6) is 0. The van der Waals surface area contributed by atoms with E-state index in [0.29, 0.717) is 0 Å². The Balaban J connectivity index is 2.31. The molecule has 0 amide bonds. The van der Waals surface area contributed by atoms with Crippen molar-refractivity contribution in [2.45, 2.75) is 0 Å². The van der Waals surface area contributed by atoms with Gasteiger partial charge in [-0.3, -0.25) is 4.79 Å². The van der Waals surface area contributed by atoms with E-state index in [0.717, 1.165) is 31.9 Å². The molecule has 1 aliphatic heterocycles. The standard InChI is InChI=1S/C11H14N2O/c14-11-5-3-1-2-4-10(11)13-8-6-12-7-9-13/h1-5,12H,6-9H2. The van der Waals surface area contributed by atoms with Crippen LogP contribution < -0.4 is 15.6 Å². The van der Waals surface area contributed by atoms with E-state index in [1.165, 1.54) is 0 Å². The quantitative estimate of drug-likeness (QED) is 0.698. The van der Waals surface area contributed by atoms with Crippen LogP contribution in [0.2, 0.25) is 0 Å². The van der Waals surface area contributed by atoms with E-state index in [9.17, 15) is 4.79 Å². The first-order valence-corrected chi connectivity index (χ1v) is 4.93. The summed E-state index contributed by atoms with van der Waals surface area (Å²) in [5.41, 5.74) is 0.924. The molecule has 0 aliphatic carbocycles. The van der Waals surface area contributed by atoms with Gasteiger partial charge >= 0.3 is 0 Å². The number of rotatable bonds is 1. The van der Waals surface area contributed by atoms with Crippen LogP contribution >= 0.6 is 0 Å². The fraction of sp³-hybridized carbons (Fsp3) is 0.364. The maximum absolute atomic E-state index is 11.7. The molecule has 14 heavy (non-hydrogen) atoms. The summed E-state index contributed by atoms with van der Waals surface area (Å²) >= 11 is 0. The first kappa shape index (κ1) is 9.21. The summed E-state index contributed by atoms with van der Waals surface area (Å²) in [6, 6.07) is 9.10. The van der Waals surface area contributed by atoms with Crippen molar-refractivity contribution in [3.8, 4) is 0 Å². The molecule has 2 rings (SSSR count). The van der Waals surface area contributed by atoms with E-state index < -0.39 is 0 Å². The molecule has 1 aromatic rings. The molecule has 0 spiro atoms. The van der Waals surface area contributed by atoms with Crippen molar-refractivity contribution in [1.82, 2.24) is 5.32 Å². The fourth-order valence-corrected chi connectivity index (χ4v) is 1.69. The maximum atomic E-state index is 11.7. The third-order valence-corrected chi connectivity index (χ3v) is 2.43. The minimum Gasteiger partial charge on any atom is -0.366 e. The molecule has 1 heterocycles. The first-order chi connectivity index (χ1) is 6.88. The van der Waals surface area contributed by atoms with Crippen molar-refractivity contribution in [3.63, 3.8) is 0 Å². The molecule has 1 aromatic carbocycles. The zero-order valence-corrected chi connectivity index (χ0v) is 8.07. The Hall–Kier alpha value is -1.35. The highest BCUT2D eigenvalue weighted by Crippen LogP contribution is 2.06. The van der Waals surface area contributed by atoms with Gasteiger partial charge in [-0.15, -0.1) is 0 Å². The Kier molecular flexibility index (Phi) is 2.79. The highest BCUT2D eigenvalue weighted by Gasteiger charge is 2.11. The van der Waals surface area contributed by atoms with Gasteiger partial charge in [-0.2, -0.15) is 0 Å². The molecular formula is C11H14N2O. The number of hydrogen-bond donors (Lipinski definition) is 1. The minimum absolute atomic E-state index is 0.108. The third kappa shape index (κ3) is 1.93. The molecule has 1 aliphatic rings. The zero-order chi connectivity index (χ0) is 9.80. The van der Waals surface area contributed by atoms with Crippen LogP contribution in [0, 0.1) is 0 Å². The Morgan fingerprint density at radius 3 is 2.57 bits per heavy atom. The van der Waals surface area contributed by atoms with Gasteiger partial charge in [-0.05, 0) is 12.1 Å². The van der Waals surface area contributed by atoms with E-state index in [-0.39, 0.29) is 5.43 Å². The lowest BCUT2D eigenvalue weighted by atomic mass is 10.3. The van der Waals surface area contributed by atoms with Crippen LogP contribution in [0.4, 0.5) is 5.69 Å². The molecule has 0 bridgehead atoms. The number of piperazine rings is 1. The van der Waals surface area contributed by atoms with Crippen LogP contribution in [-0.2, 0) is 0 Å². The molecule has 1 N–H and O–H groups in total. The van der Waals surface area contributed by atoms with Gasteiger partial charge in [-0.1, -0.05) is 18.2 Å². The van der Waals surface area contributed by atoms with Gasteiger partial charge in [-0.25, -0.2) is 0 Å². The van der Waals surface area contributed by atoms with Crippen molar-refractivity contribution >= 4 is 5.69 Å². The molecular weight excluding hydrogens is 176 g/mol. The van der Waals surface area contributed by atoms with E-state index in [1.54, 1.807) is 12.1 Å². The molecule has 1 fully saturated rings. The number of nitrogens with one attached hydrogen (secondary N) is 1. The average Bonchev–Trinajstić information content (AvgIpc) is 2.44. The monoisotopic (exact) mass is 190 g/mol. The third-order valence-electron chi connectivity index (χ3n) is 2.43. The molecule has 1 saturated heterocycles. The van der Waals surface area contributed by atoms with E-state index in [2.05, 4.69) is 10.2 Å². The van der Waals surface area contributed by atoms with Gasteiger partial charge in [0.15, 0.2) is 0 Å². The SMILES string of the molecule is O=c1cccccc1N1CCNCC1.